The summed E-state index contributed by atoms with van der Waals surface area (Å²) in [5.74, 6) is 7.81. The predicted octanol–water partition coefficient (Wildman–Crippen LogP) is 7.35. The molecule has 1 unspecified atom stereocenters. The van der Waals surface area contributed by atoms with E-state index in [0.717, 1.165) is 101 Å². The van der Waals surface area contributed by atoms with Gasteiger partial charge >= 0.3 is 0 Å². The third kappa shape index (κ3) is 10.4. The van der Waals surface area contributed by atoms with Gasteiger partial charge in [-0.1, -0.05) is 19.9 Å². The van der Waals surface area contributed by atoms with Gasteiger partial charge in [0.05, 0.1) is 34.8 Å². The van der Waals surface area contributed by atoms with Gasteiger partial charge < -0.3 is 14.0 Å². The number of thiazole rings is 1. The second-order valence-electron chi connectivity index (χ2n) is 14.8. The number of aryl methyl sites for hydroxylation is 2. The molecule has 0 spiro atoms. The highest BCUT2D eigenvalue weighted by molar-refractivity contribution is 7.85. The van der Waals surface area contributed by atoms with Crippen molar-refractivity contribution in [2.45, 2.75) is 97.6 Å². The molecule has 5 rings (SSSR count). The average Bonchev–Trinajstić information content (AvgIpc) is 3.74. The summed E-state index contributed by atoms with van der Waals surface area (Å²) in [7, 11) is 1.04. The molecular weight excluding hydrogens is 695 g/mol. The maximum absolute atomic E-state index is 12.5. The molecule has 0 aliphatic carbocycles. The zero-order chi connectivity index (χ0) is 37.1. The predicted molar refractivity (Wildman–Crippen MR) is 210 cm³/mol. The maximum atomic E-state index is 12.5. The number of fused-ring (bicyclic) bond motifs is 1. The Bertz CT molecular complexity index is 1810. The molecule has 1 aliphatic heterocycles. The highest BCUT2D eigenvalue weighted by Crippen LogP contribution is 2.42. The fraction of sp³-hybridized carbons (Fsp3) is 0.550. The fourth-order valence-electron chi connectivity index (χ4n) is 7.29. The van der Waals surface area contributed by atoms with Crippen LogP contribution < -0.4 is 11.3 Å². The molecule has 0 bridgehead atoms. The van der Waals surface area contributed by atoms with Crippen LogP contribution in [0.3, 0.4) is 0 Å². The number of carbonyl (C=O) groups is 2. The number of Topliss-reactive ketones (excluding diaryl/α,β-unsaturated/α-hetero) is 1. The van der Waals surface area contributed by atoms with E-state index in [0.29, 0.717) is 44.6 Å². The second kappa shape index (κ2) is 19.2. The molecule has 0 amide bonds. The number of unbranched alkanes of at least 4 members (excludes halogenated alkanes) is 1. The summed E-state index contributed by atoms with van der Waals surface area (Å²) in [4.78, 5) is 33.6. The first kappa shape index (κ1) is 39.9. The van der Waals surface area contributed by atoms with Crippen molar-refractivity contribution in [3.05, 3.63) is 58.2 Å². The van der Waals surface area contributed by atoms with Crippen LogP contribution in [0.1, 0.15) is 94.5 Å². The number of nitrogens with one attached hydrogen (secondary N) is 1. The number of aromatic nitrogens is 3. The van der Waals surface area contributed by atoms with Crippen LogP contribution in [-0.2, 0) is 49.2 Å². The summed E-state index contributed by atoms with van der Waals surface area (Å²) >= 11 is 1.60. The lowest BCUT2D eigenvalue weighted by Crippen LogP contribution is -2.22. The molecule has 0 saturated carbocycles. The number of pyridine rings is 1. The van der Waals surface area contributed by atoms with Crippen LogP contribution in [0.2, 0.25) is 0 Å². The Balaban J connectivity index is 1.55. The van der Waals surface area contributed by atoms with Gasteiger partial charge in [0.1, 0.15) is 5.78 Å². The topological polar surface area (TPSA) is 138 Å². The molecule has 282 valence electrons. The van der Waals surface area contributed by atoms with Crippen molar-refractivity contribution in [2.75, 3.05) is 31.8 Å². The molecule has 3 N–H and O–H groups in total. The van der Waals surface area contributed by atoms with E-state index in [1.165, 1.54) is 5.56 Å². The minimum absolute atomic E-state index is 0.219. The van der Waals surface area contributed by atoms with Crippen molar-refractivity contribution >= 4 is 45.3 Å². The highest BCUT2D eigenvalue weighted by atomic mass is 32.2. The minimum Gasteiger partial charge on any atom is -0.467 e. The number of benzene rings is 1. The summed E-state index contributed by atoms with van der Waals surface area (Å²) in [5.41, 5.74) is 9.55. The molecule has 1 atom stereocenters. The third-order valence-electron chi connectivity index (χ3n) is 10.2. The van der Waals surface area contributed by atoms with Crippen LogP contribution in [-0.4, -0.2) is 62.8 Å². The SMILES string of the molecule is COC(C)c1ncccc1-c1c(CC(C)(C)COC=O)c2cc(-c3csc(CCC(=O)CCCCNN)n3)ccc2n1CCCC1CCS(=O)CC1. The van der Waals surface area contributed by atoms with E-state index in [-0.39, 0.29) is 23.9 Å². The van der Waals surface area contributed by atoms with Crippen LogP contribution in [0.5, 0.6) is 0 Å². The molecule has 4 heterocycles. The van der Waals surface area contributed by atoms with Crippen molar-refractivity contribution in [3.63, 3.8) is 0 Å². The Hall–Kier alpha value is -3.29. The first-order valence-corrected chi connectivity index (χ1v) is 20.9. The molecule has 4 aromatic rings. The lowest BCUT2D eigenvalue weighted by molar-refractivity contribution is -0.131. The van der Waals surface area contributed by atoms with Crippen molar-refractivity contribution < 1.29 is 23.3 Å². The number of hydrogen-bond donors (Lipinski definition) is 2. The van der Waals surface area contributed by atoms with Crippen molar-refractivity contribution in [1.29, 1.82) is 0 Å². The van der Waals surface area contributed by atoms with E-state index in [9.17, 15) is 13.8 Å². The van der Waals surface area contributed by atoms with Crippen molar-refractivity contribution in [1.82, 2.24) is 20.0 Å². The number of methoxy groups -OCH3 is 1. The van der Waals surface area contributed by atoms with E-state index in [1.54, 1.807) is 18.4 Å². The molecule has 0 radical (unpaired) electrons. The molecule has 3 aromatic heterocycles. The van der Waals surface area contributed by atoms with Gasteiger partial charge in [-0.15, -0.1) is 11.3 Å². The first-order chi connectivity index (χ1) is 25.1. The molecule has 52 heavy (non-hydrogen) atoms. The van der Waals surface area contributed by atoms with Crippen molar-refractivity contribution in [2.24, 2.45) is 17.2 Å². The summed E-state index contributed by atoms with van der Waals surface area (Å²) in [6.45, 7) is 8.64. The summed E-state index contributed by atoms with van der Waals surface area (Å²) in [6.07, 6.45) is 9.82. The molecule has 1 aromatic carbocycles. The zero-order valence-electron chi connectivity index (χ0n) is 31.2. The third-order valence-corrected chi connectivity index (χ3v) is 12.5. The lowest BCUT2D eigenvalue weighted by atomic mass is 9.84. The van der Waals surface area contributed by atoms with Crippen LogP contribution >= 0.6 is 11.3 Å². The first-order valence-electron chi connectivity index (χ1n) is 18.6. The highest BCUT2D eigenvalue weighted by Gasteiger charge is 2.29. The summed E-state index contributed by atoms with van der Waals surface area (Å²) in [6, 6.07) is 10.7. The van der Waals surface area contributed by atoms with Gasteiger partial charge in [0, 0.05) is 101 Å². The monoisotopic (exact) mass is 749 g/mol. The summed E-state index contributed by atoms with van der Waals surface area (Å²) < 4.78 is 25.7. The van der Waals surface area contributed by atoms with Gasteiger partial charge in [0.25, 0.3) is 6.47 Å². The van der Waals surface area contributed by atoms with Crippen molar-refractivity contribution in [3.8, 4) is 22.5 Å². The van der Waals surface area contributed by atoms with Gasteiger partial charge in [0.15, 0.2) is 0 Å². The van der Waals surface area contributed by atoms with E-state index in [1.807, 2.05) is 19.2 Å². The number of hydrazine groups is 1. The Kier molecular flexibility index (Phi) is 14.7. The largest absolute Gasteiger partial charge is 0.467 e. The number of nitrogens with zero attached hydrogens (tertiary/aromatic N) is 3. The normalized spacial score (nSPS) is 17.0. The second-order valence-corrected chi connectivity index (χ2v) is 17.4. The minimum atomic E-state index is -0.670. The van der Waals surface area contributed by atoms with Gasteiger partial charge in [-0.25, -0.2) is 4.98 Å². The average molecular weight is 750 g/mol. The molecule has 1 aliphatic rings. The summed E-state index contributed by atoms with van der Waals surface area (Å²) in [5, 5.41) is 4.18. The molecule has 1 saturated heterocycles. The number of ketones is 1. The van der Waals surface area contributed by atoms with Gasteiger partial charge in [-0.3, -0.25) is 30.1 Å². The van der Waals surface area contributed by atoms with Gasteiger partial charge in [-0.2, -0.15) is 0 Å². The fourth-order valence-corrected chi connectivity index (χ4v) is 9.50. The molecular formula is C40H55N5O5S2. The van der Waals surface area contributed by atoms with Crippen LogP contribution in [0, 0.1) is 11.3 Å². The number of hydrogen-bond acceptors (Lipinski definition) is 10. The van der Waals surface area contributed by atoms with E-state index < -0.39 is 10.8 Å². The quantitative estimate of drug-likeness (QED) is 0.0388. The number of nitrogens with two attached hydrogens (primary N) is 1. The Morgan fingerprint density at radius 3 is 2.75 bits per heavy atom. The van der Waals surface area contributed by atoms with Gasteiger partial charge in [-0.05, 0) is 87.6 Å². The van der Waals surface area contributed by atoms with Crippen LogP contribution in [0.4, 0.5) is 0 Å². The van der Waals surface area contributed by atoms with E-state index >= 15 is 0 Å². The van der Waals surface area contributed by atoms with Crippen LogP contribution in [0.15, 0.2) is 41.9 Å². The Labute approximate surface area is 314 Å². The van der Waals surface area contributed by atoms with Gasteiger partial charge in [0.2, 0.25) is 0 Å². The Morgan fingerprint density at radius 2 is 2.00 bits per heavy atom. The maximum Gasteiger partial charge on any atom is 0.293 e. The lowest BCUT2D eigenvalue weighted by Gasteiger charge is -2.25. The smallest absolute Gasteiger partial charge is 0.293 e. The number of rotatable bonds is 21. The van der Waals surface area contributed by atoms with E-state index in [4.69, 9.17) is 25.3 Å². The Morgan fingerprint density at radius 1 is 1.19 bits per heavy atom. The number of ether oxygens (including phenoxy) is 2. The van der Waals surface area contributed by atoms with Crippen LogP contribution in [0.25, 0.3) is 33.4 Å². The number of carbonyl (C=O) groups excluding carboxylic acids is 2. The molecule has 10 nitrogen and oxygen atoms in total. The standard InChI is InChI=1S/C40H55N5O5S2/c1-28(49-4)38-32(11-7-18-42-38)39-34(24-40(2,3)26-50-27-46)33-23-30(35-25-51-37(44-35)15-13-31(47)10-5-6-19-43-41)12-14-36(33)45(39)20-8-9-29-16-21-52(48)22-17-29/h7,11-12,14,18,23,25,27-29,43H,5-6,8-10,13,15-17,19-22,24,26,41H2,1-4H3. The van der Waals surface area contributed by atoms with E-state index in [2.05, 4.69) is 53.5 Å². The molecule has 12 heteroatoms. The zero-order valence-corrected chi connectivity index (χ0v) is 32.8. The molecule has 1 fully saturated rings.